The molecule has 0 N–H and O–H groups in total. The largest absolute Gasteiger partial charge is 0.423 e. The Bertz CT molecular complexity index is 810. The van der Waals surface area contributed by atoms with Crippen LogP contribution in [0.1, 0.15) is 5.56 Å². The Morgan fingerprint density at radius 2 is 2.22 bits per heavy atom. The zero-order chi connectivity index (χ0) is 12.5. The van der Waals surface area contributed by atoms with Crippen molar-refractivity contribution in [3.05, 3.63) is 59.0 Å². The summed E-state index contributed by atoms with van der Waals surface area (Å²) in [7, 11) is 0. The van der Waals surface area contributed by atoms with Gasteiger partial charge in [-0.25, -0.2) is 9.78 Å². The molecule has 2 heterocycles. The van der Waals surface area contributed by atoms with Crippen molar-refractivity contribution in [1.82, 2.24) is 9.55 Å². The third kappa shape index (κ3) is 1.57. The lowest BCUT2D eigenvalue weighted by Gasteiger charge is -2.05. The minimum atomic E-state index is -0.457. The van der Waals surface area contributed by atoms with Crippen molar-refractivity contribution in [2.75, 3.05) is 0 Å². The van der Waals surface area contributed by atoms with Gasteiger partial charge in [0.15, 0.2) is 0 Å². The molecule has 3 aromatic rings. The molecule has 3 rings (SSSR count). The molecule has 0 aliphatic heterocycles. The van der Waals surface area contributed by atoms with E-state index < -0.39 is 5.63 Å². The normalized spacial score (nSPS) is 10.4. The lowest BCUT2D eigenvalue weighted by molar-refractivity contribution is 0.560. The molecule has 1 aromatic carbocycles. The quantitative estimate of drug-likeness (QED) is 0.605. The lowest BCUT2D eigenvalue weighted by Crippen LogP contribution is -2.02. The molecular weight excluding hydrogens is 230 g/mol. The van der Waals surface area contributed by atoms with Gasteiger partial charge in [0, 0.05) is 23.8 Å². The monoisotopic (exact) mass is 237 g/mol. The molecule has 0 spiro atoms. The fraction of sp³-hybridized carbons (Fsp3) is 0. The standard InChI is InChI=1S/C13H7N3O2/c14-7-9-1-2-10-11(16-4-3-15-8-16)6-13(17)18-12(10)5-9/h1-6,8H. The molecule has 0 atom stereocenters. The molecule has 2 aromatic heterocycles. The summed E-state index contributed by atoms with van der Waals surface area (Å²) >= 11 is 0. The van der Waals surface area contributed by atoms with Gasteiger partial charge in [-0.3, -0.25) is 0 Å². The highest BCUT2D eigenvalue weighted by Gasteiger charge is 2.07. The summed E-state index contributed by atoms with van der Waals surface area (Å²) in [5, 5.41) is 9.59. The zero-order valence-corrected chi connectivity index (χ0v) is 9.20. The predicted molar refractivity (Wildman–Crippen MR) is 64.3 cm³/mol. The highest BCUT2D eigenvalue weighted by atomic mass is 16.4. The average Bonchev–Trinajstić information content (AvgIpc) is 2.90. The summed E-state index contributed by atoms with van der Waals surface area (Å²) in [4.78, 5) is 15.5. The number of hydrogen-bond acceptors (Lipinski definition) is 4. The van der Waals surface area contributed by atoms with Gasteiger partial charge in [0.2, 0.25) is 0 Å². The minimum Gasteiger partial charge on any atom is -0.423 e. The first-order valence-electron chi connectivity index (χ1n) is 5.24. The van der Waals surface area contributed by atoms with E-state index in [2.05, 4.69) is 4.98 Å². The van der Waals surface area contributed by atoms with Crippen LogP contribution in [0.25, 0.3) is 16.7 Å². The third-order valence-corrected chi connectivity index (χ3v) is 2.63. The summed E-state index contributed by atoms with van der Waals surface area (Å²) in [6.07, 6.45) is 4.98. The Labute approximate surface area is 102 Å². The van der Waals surface area contributed by atoms with E-state index in [1.54, 1.807) is 41.5 Å². The van der Waals surface area contributed by atoms with Crippen molar-refractivity contribution in [2.45, 2.75) is 0 Å². The van der Waals surface area contributed by atoms with Crippen molar-refractivity contribution in [2.24, 2.45) is 0 Å². The molecule has 0 aliphatic carbocycles. The summed E-state index contributed by atoms with van der Waals surface area (Å²) in [5.41, 5.74) is 1.07. The second-order valence-electron chi connectivity index (χ2n) is 3.74. The van der Waals surface area contributed by atoms with Gasteiger partial charge in [0.05, 0.1) is 23.6 Å². The average molecular weight is 237 g/mol. The van der Waals surface area contributed by atoms with Gasteiger partial charge in [-0.2, -0.15) is 5.26 Å². The minimum absolute atomic E-state index is 0.394. The van der Waals surface area contributed by atoms with Crippen molar-refractivity contribution in [3.8, 4) is 11.8 Å². The second-order valence-corrected chi connectivity index (χ2v) is 3.74. The Morgan fingerprint density at radius 1 is 1.33 bits per heavy atom. The fourth-order valence-corrected chi connectivity index (χ4v) is 1.83. The van der Waals surface area contributed by atoms with Gasteiger partial charge in [-0.1, -0.05) is 0 Å². The van der Waals surface area contributed by atoms with E-state index in [4.69, 9.17) is 9.68 Å². The van der Waals surface area contributed by atoms with Crippen LogP contribution in [0.4, 0.5) is 0 Å². The van der Waals surface area contributed by atoms with Crippen LogP contribution >= 0.6 is 0 Å². The number of hydrogen-bond donors (Lipinski definition) is 0. The van der Waals surface area contributed by atoms with Crippen molar-refractivity contribution in [1.29, 1.82) is 5.26 Å². The summed E-state index contributed by atoms with van der Waals surface area (Å²) in [6.45, 7) is 0. The first-order valence-corrected chi connectivity index (χ1v) is 5.24. The van der Waals surface area contributed by atoms with Crippen molar-refractivity contribution < 1.29 is 4.42 Å². The van der Waals surface area contributed by atoms with E-state index in [9.17, 15) is 4.79 Å². The number of benzene rings is 1. The number of nitrogens with zero attached hydrogens (tertiary/aromatic N) is 3. The smallest absolute Gasteiger partial charge is 0.338 e. The number of fused-ring (bicyclic) bond motifs is 1. The molecule has 0 aliphatic rings. The fourth-order valence-electron chi connectivity index (χ4n) is 1.83. The molecule has 0 radical (unpaired) electrons. The van der Waals surface area contributed by atoms with Crippen LogP contribution in [0.15, 0.2) is 52.2 Å². The van der Waals surface area contributed by atoms with Crippen LogP contribution in [0.5, 0.6) is 0 Å². The Hall–Kier alpha value is -2.87. The van der Waals surface area contributed by atoms with Gasteiger partial charge in [0.25, 0.3) is 0 Å². The van der Waals surface area contributed by atoms with Gasteiger partial charge < -0.3 is 8.98 Å². The number of aromatic nitrogens is 2. The molecule has 0 amide bonds. The van der Waals surface area contributed by atoms with Crippen molar-refractivity contribution >= 4 is 11.0 Å². The van der Waals surface area contributed by atoms with Crippen LogP contribution in [-0.4, -0.2) is 9.55 Å². The van der Waals surface area contributed by atoms with Gasteiger partial charge >= 0.3 is 5.63 Å². The summed E-state index contributed by atoms with van der Waals surface area (Å²) < 4.78 is 6.83. The maximum absolute atomic E-state index is 11.5. The molecular formula is C13H7N3O2. The number of imidazole rings is 1. The molecule has 5 nitrogen and oxygen atoms in total. The first-order chi connectivity index (χ1) is 8.78. The van der Waals surface area contributed by atoms with Crippen molar-refractivity contribution in [3.63, 3.8) is 0 Å². The van der Waals surface area contributed by atoms with Gasteiger partial charge in [-0.15, -0.1) is 0 Å². The second kappa shape index (κ2) is 3.86. The molecule has 0 unspecified atom stereocenters. The third-order valence-electron chi connectivity index (χ3n) is 2.63. The van der Waals surface area contributed by atoms with Crippen LogP contribution < -0.4 is 5.63 Å². The first kappa shape index (κ1) is 10.3. The van der Waals surface area contributed by atoms with E-state index in [0.717, 1.165) is 5.39 Å². The molecule has 0 saturated heterocycles. The molecule has 86 valence electrons. The summed E-state index contributed by atoms with van der Waals surface area (Å²) in [5.74, 6) is 0. The lowest BCUT2D eigenvalue weighted by atomic mass is 10.1. The van der Waals surface area contributed by atoms with E-state index in [1.165, 1.54) is 6.07 Å². The van der Waals surface area contributed by atoms with E-state index in [-0.39, 0.29) is 0 Å². The molecule has 0 saturated carbocycles. The Kier molecular flexibility index (Phi) is 2.21. The molecule has 0 fully saturated rings. The van der Waals surface area contributed by atoms with Crippen LogP contribution in [0.2, 0.25) is 0 Å². The van der Waals surface area contributed by atoms with E-state index in [1.807, 2.05) is 6.07 Å². The molecule has 18 heavy (non-hydrogen) atoms. The number of rotatable bonds is 1. The van der Waals surface area contributed by atoms with Crippen LogP contribution in [-0.2, 0) is 0 Å². The van der Waals surface area contributed by atoms with Crippen LogP contribution in [0.3, 0.4) is 0 Å². The highest BCUT2D eigenvalue weighted by molar-refractivity contribution is 5.86. The molecule has 0 bridgehead atoms. The van der Waals surface area contributed by atoms with Gasteiger partial charge in [0.1, 0.15) is 5.58 Å². The van der Waals surface area contributed by atoms with E-state index >= 15 is 0 Å². The van der Waals surface area contributed by atoms with E-state index in [0.29, 0.717) is 16.8 Å². The topological polar surface area (TPSA) is 71.8 Å². The van der Waals surface area contributed by atoms with Gasteiger partial charge in [-0.05, 0) is 18.2 Å². The number of nitriles is 1. The molecule has 5 heteroatoms. The SMILES string of the molecule is N#Cc1ccc2c(-n3ccnc3)cc(=O)oc2c1. The maximum Gasteiger partial charge on any atom is 0.338 e. The highest BCUT2D eigenvalue weighted by Crippen LogP contribution is 2.21. The van der Waals surface area contributed by atoms with Crippen LogP contribution in [0, 0.1) is 11.3 Å². The zero-order valence-electron chi connectivity index (χ0n) is 9.20. The summed E-state index contributed by atoms with van der Waals surface area (Å²) in [6, 6.07) is 8.40. The maximum atomic E-state index is 11.5. The predicted octanol–water partition coefficient (Wildman–Crippen LogP) is 1.85. The Balaban J connectivity index is 2.39. The Morgan fingerprint density at radius 3 is 2.94 bits per heavy atom.